The van der Waals surface area contributed by atoms with E-state index in [0.29, 0.717) is 0 Å². The third kappa shape index (κ3) is 13.0. The van der Waals surface area contributed by atoms with Gasteiger partial charge in [0.25, 0.3) is 0 Å². The minimum absolute atomic E-state index is 0.0606. The minimum Gasteiger partial charge on any atom is -0.481 e. The fraction of sp³-hybridized carbons (Fsp3) is 0.133. The summed E-state index contributed by atoms with van der Waals surface area (Å²) in [4.78, 5) is 33.3. The average Bonchev–Trinajstić information content (AvgIpc) is 3.19. The molecule has 6 rings (SSSR count). The van der Waals surface area contributed by atoms with Gasteiger partial charge < -0.3 is 25.2 Å². The highest BCUT2D eigenvalue weighted by Crippen LogP contribution is 2.26. The van der Waals surface area contributed by atoms with Crippen LogP contribution in [0.15, 0.2) is 164 Å². The second-order valence-electron chi connectivity index (χ2n) is 11.9. The van der Waals surface area contributed by atoms with Gasteiger partial charge in [-0.15, -0.1) is 0 Å². The lowest BCUT2D eigenvalue weighted by atomic mass is 9.98. The molecule has 8 nitrogen and oxygen atoms in total. The van der Waals surface area contributed by atoms with Gasteiger partial charge in [-0.3, -0.25) is 14.4 Å². The number of hydrogen-bond donors (Lipinski definition) is 4. The molecule has 0 heterocycles. The second kappa shape index (κ2) is 21.1. The molecule has 0 saturated carbocycles. The molecule has 0 aromatic heterocycles. The minimum atomic E-state index is -1.03. The first-order chi connectivity index (χ1) is 25.7. The Morgan fingerprint density at radius 1 is 0.453 bits per heavy atom. The maximum absolute atomic E-state index is 11.8. The van der Waals surface area contributed by atoms with Crippen LogP contribution in [0.3, 0.4) is 0 Å². The van der Waals surface area contributed by atoms with E-state index in [2.05, 4.69) is 0 Å². The lowest BCUT2D eigenvalue weighted by Crippen LogP contribution is -2.22. The molecule has 0 spiro atoms. The second-order valence-corrected chi connectivity index (χ2v) is 11.9. The third-order valence-electron chi connectivity index (χ3n) is 7.97. The topological polar surface area (TPSA) is 141 Å². The van der Waals surface area contributed by atoms with Crippen LogP contribution in [0, 0.1) is 0 Å². The highest BCUT2D eigenvalue weighted by molar-refractivity contribution is 5.79. The molecular weight excluding hydrogens is 668 g/mol. The number of carboxylic acid groups (broad SMARTS) is 2. The Bertz CT molecular complexity index is 1930. The summed E-state index contributed by atoms with van der Waals surface area (Å²) in [7, 11) is 0. The highest BCUT2D eigenvalue weighted by atomic mass is 16.5. The molecule has 0 aliphatic rings. The van der Waals surface area contributed by atoms with Gasteiger partial charge in [0.1, 0.15) is 12.7 Å². The van der Waals surface area contributed by atoms with Crippen molar-refractivity contribution in [2.75, 3.05) is 13.2 Å². The van der Waals surface area contributed by atoms with E-state index in [1.807, 2.05) is 164 Å². The predicted octanol–water partition coefficient (Wildman–Crippen LogP) is 7.75. The first-order valence-corrected chi connectivity index (χ1v) is 17.0. The maximum Gasteiger partial charge on any atom is 0.310 e. The van der Waals surface area contributed by atoms with Gasteiger partial charge in [0.2, 0.25) is 0 Å². The van der Waals surface area contributed by atoms with Gasteiger partial charge in [-0.25, -0.2) is 0 Å². The number of hydrogen-bond acceptors (Lipinski definition) is 6. The molecule has 270 valence electrons. The molecule has 1 atom stereocenters. The Kier molecular flexibility index (Phi) is 15.7. The van der Waals surface area contributed by atoms with Crippen LogP contribution in [0.25, 0.3) is 33.4 Å². The van der Waals surface area contributed by atoms with Gasteiger partial charge in [0.05, 0.1) is 25.9 Å². The standard InChI is InChI=1S/C17H18O4.2C14H12O2/c18-11-15(19)12-21-17(20)10-14-8-4-5-9-16(14)13-6-2-1-3-7-13;2*15-14(16)10-12-8-4-5-9-13(12)11-6-2-1-3-7-11/h1-9,15,18-19H,10-12H2;2*1-9H,10H2,(H,15,16). The number of esters is 1. The van der Waals surface area contributed by atoms with Crippen LogP contribution in [-0.2, 0) is 38.4 Å². The lowest BCUT2D eigenvalue weighted by molar-refractivity contribution is -0.146. The number of aliphatic hydroxyl groups is 2. The van der Waals surface area contributed by atoms with E-state index in [4.69, 9.17) is 20.1 Å². The molecule has 0 bridgehead atoms. The number of carbonyl (C=O) groups excluding carboxylic acids is 1. The molecular formula is C45H42O8. The zero-order chi connectivity index (χ0) is 37.8. The van der Waals surface area contributed by atoms with Crippen LogP contribution in [0.2, 0.25) is 0 Å². The Morgan fingerprint density at radius 2 is 0.755 bits per heavy atom. The number of benzene rings is 6. The van der Waals surface area contributed by atoms with Crippen molar-refractivity contribution in [3.63, 3.8) is 0 Å². The fourth-order valence-corrected chi connectivity index (χ4v) is 5.50. The van der Waals surface area contributed by atoms with E-state index in [0.717, 1.165) is 50.1 Å². The van der Waals surface area contributed by atoms with Crippen molar-refractivity contribution in [2.45, 2.75) is 25.4 Å². The van der Waals surface area contributed by atoms with Crippen LogP contribution in [0.4, 0.5) is 0 Å². The summed E-state index contributed by atoms with van der Waals surface area (Å²) < 4.78 is 4.94. The van der Waals surface area contributed by atoms with Crippen LogP contribution >= 0.6 is 0 Å². The van der Waals surface area contributed by atoms with Crippen molar-refractivity contribution in [1.82, 2.24) is 0 Å². The van der Waals surface area contributed by atoms with Crippen molar-refractivity contribution < 1.29 is 39.5 Å². The quantitative estimate of drug-likeness (QED) is 0.0945. The SMILES string of the molecule is O=C(Cc1ccccc1-c1ccccc1)OCC(O)CO.O=C(O)Cc1ccccc1-c1ccccc1.O=C(O)Cc1ccccc1-c1ccccc1. The van der Waals surface area contributed by atoms with Crippen molar-refractivity contribution in [1.29, 1.82) is 0 Å². The van der Waals surface area contributed by atoms with Gasteiger partial charge in [0.15, 0.2) is 0 Å². The highest BCUT2D eigenvalue weighted by Gasteiger charge is 2.12. The molecule has 0 fully saturated rings. The van der Waals surface area contributed by atoms with Gasteiger partial charge in [0, 0.05) is 0 Å². The molecule has 0 radical (unpaired) electrons. The average molecular weight is 711 g/mol. The monoisotopic (exact) mass is 710 g/mol. The van der Waals surface area contributed by atoms with Crippen LogP contribution in [-0.4, -0.2) is 57.7 Å². The summed E-state index contributed by atoms with van der Waals surface area (Å²) in [6.07, 6.45) is -0.780. The summed E-state index contributed by atoms with van der Waals surface area (Å²) in [6, 6.07) is 52.3. The predicted molar refractivity (Wildman–Crippen MR) is 206 cm³/mol. The number of carboxylic acids is 2. The summed E-state index contributed by atoms with van der Waals surface area (Å²) in [6.45, 7) is -0.614. The Labute approximate surface area is 309 Å². The number of rotatable bonds is 12. The first-order valence-electron chi connectivity index (χ1n) is 17.0. The summed E-state index contributed by atoms with van der Waals surface area (Å²) in [5.74, 6) is -2.03. The molecule has 53 heavy (non-hydrogen) atoms. The van der Waals surface area contributed by atoms with Crippen LogP contribution in [0.1, 0.15) is 16.7 Å². The van der Waals surface area contributed by atoms with Crippen LogP contribution < -0.4 is 0 Å². The van der Waals surface area contributed by atoms with Crippen molar-refractivity contribution in [3.8, 4) is 33.4 Å². The van der Waals surface area contributed by atoms with Crippen molar-refractivity contribution >= 4 is 17.9 Å². The molecule has 1 unspecified atom stereocenters. The van der Waals surface area contributed by atoms with Crippen molar-refractivity contribution in [3.05, 3.63) is 180 Å². The summed E-state index contributed by atoms with van der Waals surface area (Å²) in [5.41, 5.74) is 8.68. The summed E-state index contributed by atoms with van der Waals surface area (Å²) >= 11 is 0. The molecule has 6 aromatic rings. The van der Waals surface area contributed by atoms with E-state index in [1.54, 1.807) is 0 Å². The zero-order valence-corrected chi connectivity index (χ0v) is 29.1. The van der Waals surface area contributed by atoms with E-state index in [1.165, 1.54) is 0 Å². The third-order valence-corrected chi connectivity index (χ3v) is 7.97. The molecule has 6 aromatic carbocycles. The van der Waals surface area contributed by atoms with Crippen molar-refractivity contribution in [2.24, 2.45) is 0 Å². The fourth-order valence-electron chi connectivity index (χ4n) is 5.50. The smallest absolute Gasteiger partial charge is 0.310 e. The van der Waals surface area contributed by atoms with Gasteiger partial charge in [-0.2, -0.15) is 0 Å². The van der Waals surface area contributed by atoms with E-state index in [-0.39, 0.29) is 25.9 Å². The first kappa shape index (κ1) is 39.4. The molecule has 0 amide bonds. The molecule has 4 N–H and O–H groups in total. The molecule has 0 saturated heterocycles. The Balaban J connectivity index is 0.000000180. The van der Waals surface area contributed by atoms with Gasteiger partial charge in [-0.1, -0.05) is 164 Å². The number of aliphatic hydroxyl groups excluding tert-OH is 2. The van der Waals surface area contributed by atoms with E-state index in [9.17, 15) is 19.5 Å². The largest absolute Gasteiger partial charge is 0.481 e. The van der Waals surface area contributed by atoms with Gasteiger partial charge in [-0.05, 0) is 50.1 Å². The Morgan fingerprint density at radius 3 is 1.08 bits per heavy atom. The number of carbonyl (C=O) groups is 3. The lowest BCUT2D eigenvalue weighted by Gasteiger charge is -2.11. The number of ether oxygens (including phenoxy) is 1. The molecule has 8 heteroatoms. The number of aliphatic carboxylic acids is 2. The normalized spacial score (nSPS) is 10.8. The molecule has 0 aliphatic carbocycles. The van der Waals surface area contributed by atoms with E-state index >= 15 is 0 Å². The molecule has 0 aliphatic heterocycles. The van der Waals surface area contributed by atoms with Gasteiger partial charge >= 0.3 is 17.9 Å². The van der Waals surface area contributed by atoms with Crippen LogP contribution in [0.5, 0.6) is 0 Å². The zero-order valence-electron chi connectivity index (χ0n) is 29.1. The van der Waals surface area contributed by atoms with E-state index < -0.39 is 30.6 Å². The summed E-state index contributed by atoms with van der Waals surface area (Å²) in [5, 5.41) is 35.5. The Hall–Kier alpha value is -6.35. The maximum atomic E-state index is 11.8.